The maximum atomic E-state index is 14.2. The molecule has 11 heteroatoms. The van der Waals surface area contributed by atoms with Gasteiger partial charge in [0, 0.05) is 12.1 Å². The largest absolute Gasteiger partial charge is 0.463 e. The van der Waals surface area contributed by atoms with Crippen molar-refractivity contribution in [2.45, 2.75) is 33.2 Å². The predicted molar refractivity (Wildman–Crippen MR) is 159 cm³/mol. The van der Waals surface area contributed by atoms with E-state index >= 15 is 0 Å². The lowest BCUT2D eigenvalue weighted by Gasteiger charge is -2.24. The van der Waals surface area contributed by atoms with Gasteiger partial charge in [-0.1, -0.05) is 48.6 Å². The first-order valence-electron chi connectivity index (χ1n) is 13.8. The fourth-order valence-corrected chi connectivity index (χ4v) is 6.51. The van der Waals surface area contributed by atoms with Crippen molar-refractivity contribution < 1.29 is 28.3 Å². The number of fused-ring (bicyclic) bond motifs is 2. The summed E-state index contributed by atoms with van der Waals surface area (Å²) >= 11 is 1.12. The number of furan rings is 1. The molecule has 0 aliphatic carbocycles. The zero-order valence-corrected chi connectivity index (χ0v) is 24.5. The molecule has 2 aliphatic heterocycles. The quantitative estimate of drug-likeness (QED) is 0.235. The highest BCUT2D eigenvalue weighted by atomic mass is 32.1. The molecule has 4 heterocycles. The number of carbonyl (C=O) groups is 3. The van der Waals surface area contributed by atoms with Crippen molar-refractivity contribution in [2.75, 3.05) is 18.1 Å². The van der Waals surface area contributed by atoms with Gasteiger partial charge in [-0.2, -0.15) is 0 Å². The molecule has 218 valence electrons. The van der Waals surface area contributed by atoms with Crippen LogP contribution >= 0.6 is 11.3 Å². The fourth-order valence-electron chi connectivity index (χ4n) is 5.37. The first-order chi connectivity index (χ1) is 20.8. The Morgan fingerprint density at radius 3 is 2.47 bits per heavy atom. The highest BCUT2D eigenvalue weighted by Gasteiger charge is 2.37. The molecular formula is C32H27N3O7S. The first-order valence-corrected chi connectivity index (χ1v) is 14.6. The monoisotopic (exact) mass is 597 g/mol. The number of thiazole rings is 1. The molecule has 0 saturated heterocycles. The maximum absolute atomic E-state index is 14.2. The van der Waals surface area contributed by atoms with Crippen LogP contribution in [-0.2, 0) is 14.3 Å². The van der Waals surface area contributed by atoms with Crippen LogP contribution in [0, 0.1) is 0 Å². The molecule has 2 aromatic carbocycles. The van der Waals surface area contributed by atoms with Crippen molar-refractivity contribution >= 4 is 40.4 Å². The van der Waals surface area contributed by atoms with Gasteiger partial charge in [0.05, 0.1) is 41.4 Å². The van der Waals surface area contributed by atoms with Crippen LogP contribution < -0.4 is 24.5 Å². The SMILES string of the molecule is CCCN1C(=O)/C(=c2/sc3n(c2=O)C(c2ccc(OC(=O)c4ccco4)cc2)C(C(=O)OCC)=C(C)N=3)c2ccccc21. The van der Waals surface area contributed by atoms with Gasteiger partial charge >= 0.3 is 11.9 Å². The van der Waals surface area contributed by atoms with Crippen molar-refractivity contribution in [1.82, 2.24) is 4.57 Å². The molecule has 2 aliphatic rings. The van der Waals surface area contributed by atoms with Gasteiger partial charge in [-0.05, 0) is 56.2 Å². The third-order valence-electron chi connectivity index (χ3n) is 7.22. The smallest absolute Gasteiger partial charge is 0.379 e. The molecule has 0 spiro atoms. The minimum Gasteiger partial charge on any atom is -0.463 e. The Morgan fingerprint density at radius 1 is 1.00 bits per heavy atom. The second-order valence-corrected chi connectivity index (χ2v) is 10.9. The third kappa shape index (κ3) is 4.81. The Kier molecular flexibility index (Phi) is 7.41. The Hall–Kier alpha value is -5.03. The van der Waals surface area contributed by atoms with E-state index in [-0.39, 0.29) is 34.1 Å². The average molecular weight is 598 g/mol. The van der Waals surface area contributed by atoms with Crippen molar-refractivity contribution in [3.63, 3.8) is 0 Å². The molecule has 0 saturated carbocycles. The predicted octanol–water partition coefficient (Wildman–Crippen LogP) is 3.74. The molecule has 1 amide bonds. The van der Waals surface area contributed by atoms with Crippen LogP contribution in [-0.4, -0.2) is 35.6 Å². The summed E-state index contributed by atoms with van der Waals surface area (Å²) in [6.45, 7) is 6.04. The molecule has 0 radical (unpaired) electrons. The molecule has 0 N–H and O–H groups in total. The molecule has 10 nitrogen and oxygen atoms in total. The van der Waals surface area contributed by atoms with E-state index in [4.69, 9.17) is 13.9 Å². The number of esters is 2. The second-order valence-electron chi connectivity index (χ2n) is 9.91. The summed E-state index contributed by atoms with van der Waals surface area (Å²) in [5.41, 5.74) is 2.51. The van der Waals surface area contributed by atoms with Crippen LogP contribution in [0.1, 0.15) is 54.9 Å². The average Bonchev–Trinajstić information content (AvgIpc) is 3.71. The number of rotatable bonds is 7. The molecule has 0 fully saturated rings. The summed E-state index contributed by atoms with van der Waals surface area (Å²) in [6.07, 6.45) is 2.13. The number of ether oxygens (including phenoxy) is 2. The zero-order chi connectivity index (χ0) is 30.2. The number of hydrogen-bond donors (Lipinski definition) is 0. The molecule has 1 unspecified atom stereocenters. The summed E-state index contributed by atoms with van der Waals surface area (Å²) in [5.74, 6) is -1.19. The minimum atomic E-state index is -0.891. The normalized spacial score (nSPS) is 17.0. The van der Waals surface area contributed by atoms with Gasteiger partial charge in [-0.15, -0.1) is 0 Å². The lowest BCUT2D eigenvalue weighted by molar-refractivity contribution is -0.139. The van der Waals surface area contributed by atoms with E-state index in [0.717, 1.165) is 23.4 Å². The van der Waals surface area contributed by atoms with E-state index < -0.39 is 23.5 Å². The van der Waals surface area contributed by atoms with Crippen LogP contribution in [0.4, 0.5) is 5.69 Å². The van der Waals surface area contributed by atoms with Gasteiger partial charge in [-0.3, -0.25) is 14.2 Å². The van der Waals surface area contributed by atoms with Crippen LogP contribution in [0.25, 0.3) is 5.57 Å². The van der Waals surface area contributed by atoms with E-state index in [9.17, 15) is 19.2 Å². The van der Waals surface area contributed by atoms with Gasteiger partial charge in [0.15, 0.2) is 4.80 Å². The number of allylic oxidation sites excluding steroid dienone is 1. The molecule has 4 aromatic rings. The van der Waals surface area contributed by atoms with E-state index in [2.05, 4.69) is 4.99 Å². The number of nitrogens with zero attached hydrogens (tertiary/aromatic N) is 3. The highest BCUT2D eigenvalue weighted by Crippen LogP contribution is 2.36. The van der Waals surface area contributed by atoms with Crippen molar-refractivity contribution in [3.05, 3.63) is 115 Å². The molecular weight excluding hydrogens is 570 g/mol. The van der Waals surface area contributed by atoms with E-state index in [0.29, 0.717) is 33.7 Å². The molecule has 0 bridgehead atoms. The summed E-state index contributed by atoms with van der Waals surface area (Å²) in [7, 11) is 0. The molecule has 43 heavy (non-hydrogen) atoms. The van der Waals surface area contributed by atoms with E-state index in [1.807, 2.05) is 31.2 Å². The molecule has 2 aromatic heterocycles. The van der Waals surface area contributed by atoms with Gasteiger partial charge < -0.3 is 18.8 Å². The van der Waals surface area contributed by atoms with Gasteiger partial charge in [-0.25, -0.2) is 14.6 Å². The van der Waals surface area contributed by atoms with E-state index in [1.165, 1.54) is 16.9 Å². The van der Waals surface area contributed by atoms with Crippen molar-refractivity contribution in [3.8, 4) is 5.75 Å². The molecule has 6 rings (SSSR count). The van der Waals surface area contributed by atoms with Crippen LogP contribution in [0.2, 0.25) is 0 Å². The Bertz CT molecular complexity index is 1970. The number of benzene rings is 2. The standard InChI is InChI=1S/C32H27N3O7S/c1-4-16-34-22-10-7-6-9-21(22)25(28(34)36)27-29(37)35-26(24(31(39)40-5-2)18(3)33-32(35)43-27)19-12-14-20(15-13-19)42-30(38)23-11-8-17-41-23/h6-15,17,26H,4-5,16H2,1-3H3/b27-25+. The number of carbonyl (C=O) groups excluding carboxylic acids is 3. The topological polar surface area (TPSA) is 120 Å². The van der Waals surface area contributed by atoms with Crippen LogP contribution in [0.15, 0.2) is 92.4 Å². The van der Waals surface area contributed by atoms with Crippen LogP contribution in [0.3, 0.4) is 0 Å². The Morgan fingerprint density at radius 2 is 1.77 bits per heavy atom. The molecule has 1 atom stereocenters. The number of hydrogen-bond acceptors (Lipinski definition) is 9. The summed E-state index contributed by atoms with van der Waals surface area (Å²) < 4.78 is 17.6. The number of aromatic nitrogens is 1. The summed E-state index contributed by atoms with van der Waals surface area (Å²) in [6, 6.07) is 16.1. The minimum absolute atomic E-state index is 0.0566. The number of amides is 1. The zero-order valence-electron chi connectivity index (χ0n) is 23.7. The third-order valence-corrected chi connectivity index (χ3v) is 8.27. The van der Waals surface area contributed by atoms with Gasteiger partial charge in [0.2, 0.25) is 5.76 Å². The van der Waals surface area contributed by atoms with Crippen molar-refractivity contribution in [2.24, 2.45) is 4.99 Å². The summed E-state index contributed by atoms with van der Waals surface area (Å²) in [5, 5.41) is 0. The van der Waals surface area contributed by atoms with Crippen molar-refractivity contribution in [1.29, 1.82) is 0 Å². The maximum Gasteiger partial charge on any atom is 0.379 e. The second kappa shape index (κ2) is 11.3. The lowest BCUT2D eigenvalue weighted by Crippen LogP contribution is -2.41. The Balaban J connectivity index is 1.50. The fraction of sp³-hybridized carbons (Fsp3) is 0.219. The highest BCUT2D eigenvalue weighted by molar-refractivity contribution is 7.07. The number of anilines is 1. The van der Waals surface area contributed by atoms with E-state index in [1.54, 1.807) is 49.1 Å². The number of para-hydroxylation sites is 1. The van der Waals surface area contributed by atoms with Gasteiger partial charge in [0.1, 0.15) is 10.3 Å². The Labute approximate surface area is 249 Å². The lowest BCUT2D eigenvalue weighted by atomic mass is 9.96. The van der Waals surface area contributed by atoms with Gasteiger partial charge in [0.25, 0.3) is 11.5 Å². The summed E-state index contributed by atoms with van der Waals surface area (Å²) in [4.78, 5) is 60.2. The first kappa shape index (κ1) is 28.1. The van der Waals surface area contributed by atoms with Crippen LogP contribution in [0.5, 0.6) is 5.75 Å².